The third-order valence-corrected chi connectivity index (χ3v) is 2.24. The first-order valence-corrected chi connectivity index (χ1v) is 4.85. The van der Waals surface area contributed by atoms with E-state index in [0.29, 0.717) is 0 Å². The standard InChI is InChI=1S/C9H21B/c1-4-7-9-10(6-3)8-5-2/h4-9H2,1-3H3. The van der Waals surface area contributed by atoms with Crippen LogP contribution in [0.1, 0.15) is 40.0 Å². The van der Waals surface area contributed by atoms with Crippen LogP contribution < -0.4 is 0 Å². The molecule has 0 saturated heterocycles. The molecule has 0 spiro atoms. The second-order valence-electron chi connectivity index (χ2n) is 3.21. The molecule has 0 aromatic rings. The predicted octanol–water partition coefficient (Wildman–Crippen LogP) is 3.71. The average Bonchev–Trinajstić information content (AvgIpc) is 1.98. The zero-order valence-electron chi connectivity index (χ0n) is 7.82. The molecule has 0 unspecified atom stereocenters. The second kappa shape index (κ2) is 7.18. The molecular formula is C9H21B. The van der Waals surface area contributed by atoms with Gasteiger partial charge in [-0.25, -0.2) is 0 Å². The summed E-state index contributed by atoms with van der Waals surface area (Å²) >= 11 is 0. The van der Waals surface area contributed by atoms with E-state index >= 15 is 0 Å². The van der Waals surface area contributed by atoms with Gasteiger partial charge in [-0.05, 0) is 0 Å². The molecule has 0 saturated carbocycles. The Morgan fingerprint density at radius 3 is 2.00 bits per heavy atom. The summed E-state index contributed by atoms with van der Waals surface area (Å²) in [6.45, 7) is 7.90. The minimum absolute atomic E-state index is 1.02. The first-order valence-electron chi connectivity index (χ1n) is 4.85. The van der Waals surface area contributed by atoms with Crippen molar-refractivity contribution in [3.05, 3.63) is 0 Å². The minimum atomic E-state index is 1.02. The number of hydrogen-bond donors (Lipinski definition) is 0. The summed E-state index contributed by atoms with van der Waals surface area (Å²) in [6, 6.07) is 0. The van der Waals surface area contributed by atoms with Crippen molar-refractivity contribution in [3.63, 3.8) is 0 Å². The van der Waals surface area contributed by atoms with Crippen LogP contribution in [-0.4, -0.2) is 6.71 Å². The van der Waals surface area contributed by atoms with Crippen LogP contribution in [0.4, 0.5) is 0 Å². The fourth-order valence-corrected chi connectivity index (χ4v) is 1.45. The van der Waals surface area contributed by atoms with E-state index in [0.717, 1.165) is 6.71 Å². The Kier molecular flexibility index (Phi) is 7.22. The summed E-state index contributed by atoms with van der Waals surface area (Å²) in [6.07, 6.45) is 8.44. The maximum absolute atomic E-state index is 2.32. The van der Waals surface area contributed by atoms with Gasteiger partial charge in [-0.3, -0.25) is 0 Å². The van der Waals surface area contributed by atoms with E-state index in [-0.39, 0.29) is 0 Å². The Morgan fingerprint density at radius 1 is 0.900 bits per heavy atom. The number of unbranched alkanes of at least 4 members (excludes halogenated alkanes) is 1. The lowest BCUT2D eigenvalue weighted by atomic mass is 9.42. The summed E-state index contributed by atoms with van der Waals surface area (Å²) in [5.41, 5.74) is 0. The smallest absolute Gasteiger partial charge is 0.0770 e. The van der Waals surface area contributed by atoms with Crippen molar-refractivity contribution in [2.75, 3.05) is 0 Å². The lowest BCUT2D eigenvalue weighted by Crippen LogP contribution is -2.08. The van der Waals surface area contributed by atoms with Gasteiger partial charge < -0.3 is 0 Å². The quantitative estimate of drug-likeness (QED) is 0.493. The lowest BCUT2D eigenvalue weighted by Gasteiger charge is -2.07. The van der Waals surface area contributed by atoms with Crippen LogP contribution in [-0.2, 0) is 0 Å². The largest absolute Gasteiger partial charge is 0.139 e. The molecule has 10 heavy (non-hydrogen) atoms. The first kappa shape index (κ1) is 10.1. The molecule has 1 heteroatoms. The number of rotatable bonds is 6. The molecule has 0 aromatic heterocycles. The molecule has 0 aliphatic heterocycles. The van der Waals surface area contributed by atoms with Crippen molar-refractivity contribution >= 4 is 6.71 Å². The van der Waals surface area contributed by atoms with Gasteiger partial charge in [0, 0.05) is 0 Å². The van der Waals surface area contributed by atoms with Gasteiger partial charge in [0.15, 0.2) is 0 Å². The second-order valence-corrected chi connectivity index (χ2v) is 3.21. The molecule has 0 atom stereocenters. The third-order valence-electron chi connectivity index (χ3n) is 2.24. The highest BCUT2D eigenvalue weighted by atomic mass is 13.8. The van der Waals surface area contributed by atoms with Crippen LogP contribution in [0.15, 0.2) is 0 Å². The summed E-state index contributed by atoms with van der Waals surface area (Å²) in [4.78, 5) is 0. The fraction of sp³-hybridized carbons (Fsp3) is 1.00. The summed E-state index contributed by atoms with van der Waals surface area (Å²) in [5, 5.41) is 0. The SMILES string of the molecule is CCCCB(CC)CCC. The fourth-order valence-electron chi connectivity index (χ4n) is 1.45. The molecular weight excluding hydrogens is 119 g/mol. The molecule has 0 nitrogen and oxygen atoms in total. The third kappa shape index (κ3) is 4.90. The molecule has 0 bridgehead atoms. The van der Waals surface area contributed by atoms with E-state index in [1.807, 2.05) is 0 Å². The Labute approximate surface area is 66.5 Å². The highest BCUT2D eigenvalue weighted by Crippen LogP contribution is 2.11. The van der Waals surface area contributed by atoms with Gasteiger partial charge in [-0.15, -0.1) is 0 Å². The van der Waals surface area contributed by atoms with Crippen LogP contribution in [0.5, 0.6) is 0 Å². The minimum Gasteiger partial charge on any atom is -0.0770 e. The Hall–Kier alpha value is 0.0649. The van der Waals surface area contributed by atoms with Gasteiger partial charge in [-0.1, -0.05) is 59.0 Å². The van der Waals surface area contributed by atoms with Crippen molar-refractivity contribution < 1.29 is 0 Å². The maximum atomic E-state index is 2.32. The molecule has 0 aromatic carbocycles. The Bertz CT molecular complexity index is 61.7. The van der Waals surface area contributed by atoms with Gasteiger partial charge in [0.2, 0.25) is 0 Å². The van der Waals surface area contributed by atoms with Crippen LogP contribution in [0.3, 0.4) is 0 Å². The van der Waals surface area contributed by atoms with Crippen LogP contribution >= 0.6 is 0 Å². The van der Waals surface area contributed by atoms with Crippen molar-refractivity contribution in [2.24, 2.45) is 0 Å². The molecule has 0 N–H and O–H groups in total. The zero-order valence-corrected chi connectivity index (χ0v) is 7.82. The maximum Gasteiger partial charge on any atom is 0.139 e. The average molecular weight is 140 g/mol. The van der Waals surface area contributed by atoms with Gasteiger partial charge in [0.25, 0.3) is 0 Å². The van der Waals surface area contributed by atoms with E-state index < -0.39 is 0 Å². The molecule has 0 heterocycles. The van der Waals surface area contributed by atoms with Crippen molar-refractivity contribution in [1.29, 1.82) is 0 Å². The normalized spacial score (nSPS) is 9.90. The highest BCUT2D eigenvalue weighted by molar-refractivity contribution is 6.58. The van der Waals surface area contributed by atoms with Gasteiger partial charge in [0.1, 0.15) is 6.71 Å². The van der Waals surface area contributed by atoms with Crippen LogP contribution in [0, 0.1) is 0 Å². The summed E-state index contributed by atoms with van der Waals surface area (Å²) < 4.78 is 0. The first-order chi connectivity index (χ1) is 4.85. The molecule has 0 aliphatic rings. The Balaban J connectivity index is 3.21. The van der Waals surface area contributed by atoms with Crippen molar-refractivity contribution in [3.8, 4) is 0 Å². The van der Waals surface area contributed by atoms with E-state index in [9.17, 15) is 0 Å². The number of hydrogen-bond acceptors (Lipinski definition) is 0. The van der Waals surface area contributed by atoms with Crippen molar-refractivity contribution in [2.45, 2.75) is 59.0 Å². The molecule has 0 radical (unpaired) electrons. The topological polar surface area (TPSA) is 0 Å². The Morgan fingerprint density at radius 2 is 1.60 bits per heavy atom. The molecule has 60 valence electrons. The van der Waals surface area contributed by atoms with E-state index in [1.165, 1.54) is 38.2 Å². The van der Waals surface area contributed by atoms with Gasteiger partial charge in [0.05, 0.1) is 0 Å². The molecule has 0 fully saturated rings. The highest BCUT2D eigenvalue weighted by Gasteiger charge is 2.07. The van der Waals surface area contributed by atoms with Crippen LogP contribution in [0.2, 0.25) is 19.0 Å². The molecule has 0 rings (SSSR count). The predicted molar refractivity (Wildman–Crippen MR) is 51.0 cm³/mol. The summed E-state index contributed by atoms with van der Waals surface area (Å²) in [5.74, 6) is 0. The molecule has 0 aliphatic carbocycles. The van der Waals surface area contributed by atoms with Crippen molar-refractivity contribution in [1.82, 2.24) is 0 Å². The summed E-state index contributed by atoms with van der Waals surface area (Å²) in [7, 11) is 0. The van der Waals surface area contributed by atoms with E-state index in [4.69, 9.17) is 0 Å². The van der Waals surface area contributed by atoms with Gasteiger partial charge >= 0.3 is 0 Å². The van der Waals surface area contributed by atoms with E-state index in [2.05, 4.69) is 20.8 Å². The van der Waals surface area contributed by atoms with E-state index in [1.54, 1.807) is 0 Å². The van der Waals surface area contributed by atoms with Gasteiger partial charge in [-0.2, -0.15) is 0 Å². The van der Waals surface area contributed by atoms with Crippen LogP contribution in [0.25, 0.3) is 0 Å². The zero-order chi connectivity index (χ0) is 7.82. The monoisotopic (exact) mass is 140 g/mol. The lowest BCUT2D eigenvalue weighted by molar-refractivity contribution is 0.863. The molecule has 0 amide bonds.